The summed E-state index contributed by atoms with van der Waals surface area (Å²) in [4.78, 5) is 11.9. The van der Waals surface area contributed by atoms with Crippen LogP contribution in [0.25, 0.3) is 10.8 Å². The first-order valence-electron chi connectivity index (χ1n) is 11.7. The lowest BCUT2D eigenvalue weighted by Crippen LogP contribution is -2.13. The number of nitrogen functional groups attached to an aromatic ring is 1. The van der Waals surface area contributed by atoms with Crippen molar-refractivity contribution in [1.82, 2.24) is 0 Å². The van der Waals surface area contributed by atoms with Crippen LogP contribution >= 0.6 is 11.6 Å². The van der Waals surface area contributed by atoms with Crippen LogP contribution in [0.5, 0.6) is 5.75 Å². The van der Waals surface area contributed by atoms with Crippen molar-refractivity contribution in [3.63, 3.8) is 0 Å². The van der Waals surface area contributed by atoms with Gasteiger partial charge in [0.1, 0.15) is 5.75 Å². The number of carbonyl (C=O) groups excluding carboxylic acids is 1. The van der Waals surface area contributed by atoms with Gasteiger partial charge in [-0.3, -0.25) is 13.9 Å². The van der Waals surface area contributed by atoms with E-state index < -0.39 is 40.9 Å². The minimum Gasteiger partial charge on any atom is -0.507 e. The van der Waals surface area contributed by atoms with E-state index in [-0.39, 0.29) is 33.6 Å². The van der Waals surface area contributed by atoms with Gasteiger partial charge in [-0.25, -0.2) is 8.42 Å². The third kappa shape index (κ3) is 9.14. The second-order valence-corrected chi connectivity index (χ2v) is 14.2. The highest BCUT2D eigenvalue weighted by Crippen LogP contribution is 2.30. The fraction of sp³-hybridized carbons (Fsp3) is 0.115. The number of rotatable bonds is 8. The Morgan fingerprint density at radius 2 is 1.38 bits per heavy atom. The molecule has 0 atom stereocenters. The van der Waals surface area contributed by atoms with Crippen molar-refractivity contribution in [3.05, 3.63) is 90.0 Å². The van der Waals surface area contributed by atoms with Gasteiger partial charge in [0.25, 0.3) is 26.1 Å². The van der Waals surface area contributed by atoms with Gasteiger partial charge >= 0.3 is 0 Å². The molecule has 16 heteroatoms. The average Bonchev–Trinajstić information content (AvgIpc) is 2.88. The van der Waals surface area contributed by atoms with Crippen LogP contribution in [0.4, 0.5) is 11.4 Å². The molecule has 0 heterocycles. The van der Waals surface area contributed by atoms with Gasteiger partial charge in [0.05, 0.1) is 21.3 Å². The van der Waals surface area contributed by atoms with Gasteiger partial charge in [0.15, 0.2) is 9.84 Å². The fourth-order valence-electron chi connectivity index (χ4n) is 3.59. The number of alkyl halides is 1. The maximum Gasteiger partial charge on any atom is 0.294 e. The van der Waals surface area contributed by atoms with Crippen LogP contribution in [0, 0.1) is 0 Å². The van der Waals surface area contributed by atoms with Crippen LogP contribution in [0.1, 0.15) is 15.9 Å². The summed E-state index contributed by atoms with van der Waals surface area (Å²) in [5, 5.41) is 13.3. The second-order valence-electron chi connectivity index (χ2n) is 8.83. The molecule has 4 aromatic carbocycles. The summed E-state index contributed by atoms with van der Waals surface area (Å²) in [6.07, 6.45) is 0. The number of carbonyl (C=O) groups is 1. The number of benzene rings is 4. The highest BCUT2D eigenvalue weighted by Gasteiger charge is 2.15. The van der Waals surface area contributed by atoms with Gasteiger partial charge in [-0.1, -0.05) is 12.1 Å². The van der Waals surface area contributed by atoms with Crippen LogP contribution in [0.2, 0.25) is 0 Å². The zero-order chi connectivity index (χ0) is 31.3. The molecule has 0 aliphatic rings. The van der Waals surface area contributed by atoms with E-state index in [1.807, 2.05) is 0 Å². The Morgan fingerprint density at radius 3 is 1.93 bits per heavy atom. The van der Waals surface area contributed by atoms with Crippen molar-refractivity contribution in [2.24, 2.45) is 0 Å². The number of sulfone groups is 1. The number of phenolic OH excluding ortho intramolecular Hbond substituents is 1. The molecule has 4 rings (SSSR count). The number of halogens is 1. The highest BCUT2D eigenvalue weighted by molar-refractivity contribution is 7.90. The summed E-state index contributed by atoms with van der Waals surface area (Å²) < 4.78 is 85.0. The first-order chi connectivity index (χ1) is 19.5. The van der Waals surface area contributed by atoms with Crippen LogP contribution in [-0.4, -0.2) is 57.0 Å². The Labute approximate surface area is 247 Å². The predicted octanol–water partition coefficient (Wildman–Crippen LogP) is 3.71. The minimum atomic E-state index is -4.51. The molecule has 0 saturated heterocycles. The maximum atomic E-state index is 12.5. The lowest BCUT2D eigenvalue weighted by molar-refractivity contribution is 0.102. The molecule has 0 fully saturated rings. The summed E-state index contributed by atoms with van der Waals surface area (Å²) in [6, 6.07) is 17.9. The summed E-state index contributed by atoms with van der Waals surface area (Å²) in [5.41, 5.74) is 6.89. The number of aromatic hydroxyl groups is 1. The fourth-order valence-corrected chi connectivity index (χ4v) is 6.39. The molecular formula is C26H25ClN2O10S3. The smallest absolute Gasteiger partial charge is 0.294 e. The van der Waals surface area contributed by atoms with E-state index in [0.717, 1.165) is 6.07 Å². The SMILES string of the molecule is Nc1ccc(S(=O)(=O)O)cc1.O=C(Nc1ccc2c(O)cc(S(=O)(=O)O)cc2c1)c1ccc(CS(=O)(=O)CCCl)cc1. The molecule has 0 unspecified atom stereocenters. The number of fused-ring (bicyclic) bond motifs is 1. The molecule has 42 heavy (non-hydrogen) atoms. The summed E-state index contributed by atoms with van der Waals surface area (Å²) >= 11 is 5.48. The van der Waals surface area contributed by atoms with Gasteiger partial charge in [-0.05, 0) is 71.6 Å². The topological polar surface area (TPSA) is 218 Å². The maximum absolute atomic E-state index is 12.5. The normalized spacial score (nSPS) is 11.9. The summed E-state index contributed by atoms with van der Waals surface area (Å²) in [6.45, 7) is 0. The molecule has 4 aromatic rings. The first-order valence-corrected chi connectivity index (χ1v) is 17.0. The van der Waals surface area contributed by atoms with E-state index in [2.05, 4.69) is 5.32 Å². The molecular weight excluding hydrogens is 632 g/mol. The van der Waals surface area contributed by atoms with E-state index in [1.165, 1.54) is 72.8 Å². The molecule has 0 aliphatic heterocycles. The number of nitrogens with one attached hydrogen (secondary N) is 1. The summed E-state index contributed by atoms with van der Waals surface area (Å²) in [7, 11) is -11.9. The predicted molar refractivity (Wildman–Crippen MR) is 159 cm³/mol. The minimum absolute atomic E-state index is 0.0120. The zero-order valence-corrected chi connectivity index (χ0v) is 24.7. The van der Waals surface area contributed by atoms with Crippen molar-refractivity contribution in [3.8, 4) is 5.75 Å². The third-order valence-corrected chi connectivity index (χ3v) is 9.34. The quantitative estimate of drug-likeness (QED) is 0.105. The lowest BCUT2D eigenvalue weighted by Gasteiger charge is -2.09. The number of hydrogen-bond donors (Lipinski definition) is 5. The van der Waals surface area contributed by atoms with Crippen molar-refractivity contribution >= 4 is 69.7 Å². The Balaban J connectivity index is 0.000000369. The van der Waals surface area contributed by atoms with Crippen molar-refractivity contribution in [1.29, 1.82) is 0 Å². The molecule has 0 saturated carbocycles. The molecule has 0 spiro atoms. The Morgan fingerprint density at radius 1 is 0.786 bits per heavy atom. The number of amides is 1. The lowest BCUT2D eigenvalue weighted by atomic mass is 10.1. The first kappa shape index (κ1) is 32.8. The Kier molecular flexibility index (Phi) is 10.2. The van der Waals surface area contributed by atoms with Crippen LogP contribution in [-0.2, 0) is 35.8 Å². The van der Waals surface area contributed by atoms with Crippen molar-refractivity contribution < 1.29 is 44.3 Å². The number of hydrogen-bond acceptors (Lipinski definition) is 9. The van der Waals surface area contributed by atoms with Gasteiger partial charge in [-0.15, -0.1) is 11.6 Å². The Bertz CT molecular complexity index is 1930. The molecule has 6 N–H and O–H groups in total. The third-order valence-electron chi connectivity index (χ3n) is 5.63. The van der Waals surface area contributed by atoms with Gasteiger partial charge in [0.2, 0.25) is 0 Å². The Hall–Kier alpha value is -3.73. The van der Waals surface area contributed by atoms with E-state index >= 15 is 0 Å². The van der Waals surface area contributed by atoms with E-state index in [9.17, 15) is 39.7 Å². The standard InChI is InChI=1S/C20H18ClNO7S2.C6H7NO3S/c21-7-8-30(25,26)12-13-1-3-14(4-2-13)20(24)22-16-5-6-18-15(9-16)10-17(11-19(18)23)31(27,28)29;7-5-1-3-6(4-2-5)11(8,9)10/h1-6,9-11,23H,7-8,12H2,(H,22,24)(H,27,28,29);1-4H,7H2,(H,8,9,10). The molecule has 224 valence electrons. The molecule has 0 radical (unpaired) electrons. The van der Waals surface area contributed by atoms with Gasteiger partial charge in [-0.2, -0.15) is 16.8 Å². The monoisotopic (exact) mass is 656 g/mol. The molecule has 0 bridgehead atoms. The van der Waals surface area contributed by atoms with Crippen LogP contribution in [0.15, 0.2) is 88.7 Å². The van der Waals surface area contributed by atoms with E-state index in [1.54, 1.807) is 0 Å². The van der Waals surface area contributed by atoms with Gasteiger partial charge in [0, 0.05) is 34.3 Å². The molecule has 1 amide bonds. The molecule has 12 nitrogen and oxygen atoms in total. The van der Waals surface area contributed by atoms with Crippen LogP contribution in [0.3, 0.4) is 0 Å². The van der Waals surface area contributed by atoms with E-state index in [4.69, 9.17) is 21.9 Å². The molecule has 0 aliphatic carbocycles. The van der Waals surface area contributed by atoms with Crippen molar-refractivity contribution in [2.75, 3.05) is 22.7 Å². The molecule has 0 aromatic heterocycles. The van der Waals surface area contributed by atoms with E-state index in [0.29, 0.717) is 27.7 Å². The number of phenols is 1. The number of anilines is 2. The zero-order valence-electron chi connectivity index (χ0n) is 21.5. The summed E-state index contributed by atoms with van der Waals surface area (Å²) in [5.74, 6) is -1.09. The number of nitrogens with two attached hydrogens (primary N) is 1. The largest absolute Gasteiger partial charge is 0.507 e. The second kappa shape index (κ2) is 13.1. The average molecular weight is 657 g/mol. The van der Waals surface area contributed by atoms with Gasteiger partial charge < -0.3 is 16.2 Å². The highest BCUT2D eigenvalue weighted by atomic mass is 35.5. The van der Waals surface area contributed by atoms with Crippen LogP contribution < -0.4 is 11.1 Å². The van der Waals surface area contributed by atoms with Crippen molar-refractivity contribution in [2.45, 2.75) is 15.5 Å².